The second-order valence-corrected chi connectivity index (χ2v) is 6.88. The Morgan fingerprint density at radius 1 is 1.04 bits per heavy atom. The largest absolute Gasteiger partial charge is 0.491 e. The zero-order chi connectivity index (χ0) is 18.8. The SMILES string of the molecule is COc1c(F)cc(-c2cncc(O[C@H]3SC[C@@H](O)[C@H](O)[C@H]3O)c2)cc1F. The number of ether oxygens (including phenoxy) is 2. The van der Waals surface area contributed by atoms with E-state index in [-0.39, 0.29) is 17.1 Å². The van der Waals surface area contributed by atoms with E-state index in [0.29, 0.717) is 5.56 Å². The Hall–Kier alpha value is -1.94. The van der Waals surface area contributed by atoms with Crippen LogP contribution in [0.5, 0.6) is 11.5 Å². The molecule has 0 bridgehead atoms. The van der Waals surface area contributed by atoms with E-state index in [1.807, 2.05) is 0 Å². The van der Waals surface area contributed by atoms with Crippen LogP contribution in [0.2, 0.25) is 0 Å². The lowest BCUT2D eigenvalue weighted by Crippen LogP contribution is -2.50. The lowest BCUT2D eigenvalue weighted by Gasteiger charge is -2.34. The average Bonchev–Trinajstić information content (AvgIpc) is 2.62. The van der Waals surface area contributed by atoms with Gasteiger partial charge < -0.3 is 24.8 Å². The van der Waals surface area contributed by atoms with Gasteiger partial charge in [0.05, 0.1) is 19.4 Å². The highest BCUT2D eigenvalue weighted by Crippen LogP contribution is 2.32. The number of nitrogens with zero attached hydrogens (tertiary/aromatic N) is 1. The summed E-state index contributed by atoms with van der Waals surface area (Å²) in [5.41, 5.74) is -0.167. The van der Waals surface area contributed by atoms with E-state index in [1.54, 1.807) is 0 Å². The van der Waals surface area contributed by atoms with Gasteiger partial charge in [-0.2, -0.15) is 0 Å². The fraction of sp³-hybridized carbons (Fsp3) is 0.353. The molecule has 6 nitrogen and oxygen atoms in total. The molecular formula is C17H17F2NO5S. The maximum atomic E-state index is 13.9. The first-order valence-corrected chi connectivity index (χ1v) is 8.76. The van der Waals surface area contributed by atoms with Gasteiger partial charge in [-0.05, 0) is 23.8 Å². The van der Waals surface area contributed by atoms with Crippen LogP contribution in [0, 0.1) is 11.6 Å². The van der Waals surface area contributed by atoms with Gasteiger partial charge in [-0.1, -0.05) is 0 Å². The van der Waals surface area contributed by atoms with E-state index in [2.05, 4.69) is 9.72 Å². The normalized spacial score (nSPS) is 25.8. The van der Waals surface area contributed by atoms with Gasteiger partial charge in [-0.3, -0.25) is 4.98 Å². The molecule has 140 valence electrons. The molecule has 1 aromatic heterocycles. The van der Waals surface area contributed by atoms with Crippen LogP contribution >= 0.6 is 11.8 Å². The van der Waals surface area contributed by atoms with Crippen LogP contribution < -0.4 is 9.47 Å². The molecule has 0 saturated carbocycles. The summed E-state index contributed by atoms with van der Waals surface area (Å²) in [6.07, 6.45) is -0.851. The molecule has 26 heavy (non-hydrogen) atoms. The maximum absolute atomic E-state index is 13.9. The van der Waals surface area contributed by atoms with Gasteiger partial charge in [-0.25, -0.2) is 8.78 Å². The number of pyridine rings is 1. The van der Waals surface area contributed by atoms with E-state index in [9.17, 15) is 24.1 Å². The first kappa shape index (κ1) is 18.8. The monoisotopic (exact) mass is 385 g/mol. The summed E-state index contributed by atoms with van der Waals surface area (Å²) >= 11 is 1.14. The Bertz CT molecular complexity index is 770. The van der Waals surface area contributed by atoms with Crippen LogP contribution in [0.25, 0.3) is 11.1 Å². The number of hydrogen-bond acceptors (Lipinski definition) is 7. The summed E-state index contributed by atoms with van der Waals surface area (Å²) in [7, 11) is 1.18. The van der Waals surface area contributed by atoms with Crippen molar-refractivity contribution in [2.75, 3.05) is 12.9 Å². The molecule has 1 aliphatic rings. The maximum Gasteiger partial charge on any atom is 0.190 e. The first-order chi connectivity index (χ1) is 12.4. The number of thioether (sulfide) groups is 1. The Morgan fingerprint density at radius 2 is 1.73 bits per heavy atom. The molecule has 4 atom stereocenters. The second kappa shape index (κ2) is 7.75. The smallest absolute Gasteiger partial charge is 0.190 e. The zero-order valence-corrected chi connectivity index (χ0v) is 14.5. The Kier molecular flexibility index (Phi) is 5.61. The number of aromatic nitrogens is 1. The minimum atomic E-state index is -1.32. The Balaban J connectivity index is 1.83. The number of rotatable bonds is 4. The van der Waals surface area contributed by atoms with Crippen molar-refractivity contribution in [1.82, 2.24) is 4.98 Å². The van der Waals surface area contributed by atoms with E-state index in [4.69, 9.17) is 4.74 Å². The molecule has 1 aromatic carbocycles. The predicted molar refractivity (Wildman–Crippen MR) is 91.0 cm³/mol. The molecule has 1 fully saturated rings. The summed E-state index contributed by atoms with van der Waals surface area (Å²) in [4.78, 5) is 3.98. The number of benzene rings is 1. The minimum absolute atomic E-state index is 0.199. The topological polar surface area (TPSA) is 92.0 Å². The van der Waals surface area contributed by atoms with Crippen molar-refractivity contribution >= 4 is 11.8 Å². The summed E-state index contributed by atoms with van der Waals surface area (Å²) in [5.74, 6) is -1.71. The molecule has 2 heterocycles. The van der Waals surface area contributed by atoms with Crippen molar-refractivity contribution in [3.8, 4) is 22.6 Å². The molecule has 3 N–H and O–H groups in total. The lowest BCUT2D eigenvalue weighted by molar-refractivity contribution is -0.0786. The van der Waals surface area contributed by atoms with Gasteiger partial charge in [-0.15, -0.1) is 11.8 Å². The van der Waals surface area contributed by atoms with Crippen LogP contribution in [0.15, 0.2) is 30.6 Å². The quantitative estimate of drug-likeness (QED) is 0.736. The molecular weight excluding hydrogens is 368 g/mol. The minimum Gasteiger partial charge on any atom is -0.491 e. The van der Waals surface area contributed by atoms with Gasteiger partial charge in [0.25, 0.3) is 0 Å². The van der Waals surface area contributed by atoms with Gasteiger partial charge >= 0.3 is 0 Å². The Morgan fingerprint density at radius 3 is 2.38 bits per heavy atom. The van der Waals surface area contributed by atoms with E-state index < -0.39 is 41.1 Å². The summed E-state index contributed by atoms with van der Waals surface area (Å²) < 4.78 is 38.1. The van der Waals surface area contributed by atoms with E-state index in [0.717, 1.165) is 23.9 Å². The molecule has 0 amide bonds. The molecule has 9 heteroatoms. The van der Waals surface area contributed by atoms with Crippen molar-refractivity contribution < 1.29 is 33.6 Å². The van der Waals surface area contributed by atoms with Crippen molar-refractivity contribution in [3.63, 3.8) is 0 Å². The molecule has 0 aliphatic carbocycles. The molecule has 0 spiro atoms. The van der Waals surface area contributed by atoms with Crippen molar-refractivity contribution in [2.24, 2.45) is 0 Å². The third-order valence-electron chi connectivity index (χ3n) is 3.96. The number of methoxy groups -OCH3 is 1. The summed E-state index contributed by atoms with van der Waals surface area (Å²) in [6, 6.07) is 3.75. The highest BCUT2D eigenvalue weighted by atomic mass is 32.2. The highest BCUT2D eigenvalue weighted by molar-refractivity contribution is 7.99. The Labute approximate surface area is 152 Å². The fourth-order valence-electron chi connectivity index (χ4n) is 2.58. The average molecular weight is 385 g/mol. The second-order valence-electron chi connectivity index (χ2n) is 5.75. The van der Waals surface area contributed by atoms with Crippen LogP contribution in [-0.2, 0) is 0 Å². The van der Waals surface area contributed by atoms with E-state index >= 15 is 0 Å². The number of aliphatic hydroxyl groups excluding tert-OH is 3. The number of aliphatic hydroxyl groups is 3. The molecule has 0 unspecified atom stereocenters. The summed E-state index contributed by atoms with van der Waals surface area (Å²) in [6.45, 7) is 0. The third kappa shape index (κ3) is 3.75. The highest BCUT2D eigenvalue weighted by Gasteiger charge is 2.38. The number of halogens is 2. The van der Waals surface area contributed by atoms with Gasteiger partial charge in [0.1, 0.15) is 18.0 Å². The van der Waals surface area contributed by atoms with Gasteiger partial charge in [0.2, 0.25) is 0 Å². The van der Waals surface area contributed by atoms with Gasteiger partial charge in [0, 0.05) is 17.5 Å². The third-order valence-corrected chi connectivity index (χ3v) is 5.19. The molecule has 1 aliphatic heterocycles. The van der Waals surface area contributed by atoms with Crippen LogP contribution in [0.1, 0.15) is 0 Å². The van der Waals surface area contributed by atoms with Crippen molar-refractivity contribution in [1.29, 1.82) is 0 Å². The first-order valence-electron chi connectivity index (χ1n) is 7.71. The zero-order valence-electron chi connectivity index (χ0n) is 13.7. The van der Waals surface area contributed by atoms with Gasteiger partial charge in [0.15, 0.2) is 22.8 Å². The fourth-order valence-corrected chi connectivity index (χ4v) is 3.70. The molecule has 1 saturated heterocycles. The molecule has 2 aromatic rings. The van der Waals surface area contributed by atoms with Crippen molar-refractivity contribution in [3.05, 3.63) is 42.2 Å². The van der Waals surface area contributed by atoms with Crippen LogP contribution in [0.4, 0.5) is 8.78 Å². The van der Waals surface area contributed by atoms with Crippen LogP contribution in [-0.4, -0.2) is 56.9 Å². The molecule has 3 rings (SSSR count). The number of hydrogen-bond donors (Lipinski definition) is 3. The lowest BCUT2D eigenvalue weighted by atomic mass is 10.1. The van der Waals surface area contributed by atoms with Crippen LogP contribution in [0.3, 0.4) is 0 Å². The van der Waals surface area contributed by atoms with E-state index in [1.165, 1.54) is 25.6 Å². The molecule has 0 radical (unpaired) electrons. The standard InChI is InChI=1S/C17H17F2NO5S/c1-24-16-11(18)3-8(4-12(16)19)9-2-10(6-20-5-9)25-17-15(23)14(22)13(21)7-26-17/h2-6,13-15,17,21-23H,7H2,1H3/t13-,14+,15-,17+/m1/s1. The van der Waals surface area contributed by atoms with Crippen molar-refractivity contribution in [2.45, 2.75) is 23.7 Å². The predicted octanol–water partition coefficient (Wildman–Crippen LogP) is 1.57. The summed E-state index contributed by atoms with van der Waals surface area (Å²) in [5, 5.41) is 29.3.